The number of benzene rings is 3. The molecule has 108 valence electrons. The van der Waals surface area contributed by atoms with Crippen LogP contribution in [0.3, 0.4) is 0 Å². The van der Waals surface area contributed by atoms with Gasteiger partial charge in [-0.2, -0.15) is 0 Å². The summed E-state index contributed by atoms with van der Waals surface area (Å²) in [6, 6.07) is 26.9. The number of rotatable bonds is 3. The molecule has 2 amide bonds. The SMILES string of the molecule is O=C(Nc1ccccc1)Nc1ccccc1-c1ccccc1. The highest BCUT2D eigenvalue weighted by Crippen LogP contribution is 2.27. The van der Waals surface area contributed by atoms with Gasteiger partial charge in [0.25, 0.3) is 0 Å². The van der Waals surface area contributed by atoms with Gasteiger partial charge in [0.1, 0.15) is 0 Å². The molecule has 3 aromatic rings. The lowest BCUT2D eigenvalue weighted by Gasteiger charge is -2.12. The summed E-state index contributed by atoms with van der Waals surface area (Å²) in [5.74, 6) is 0. The maximum absolute atomic E-state index is 12.1. The van der Waals surface area contributed by atoms with E-state index in [4.69, 9.17) is 0 Å². The van der Waals surface area contributed by atoms with Gasteiger partial charge in [0.2, 0.25) is 0 Å². The molecule has 0 saturated heterocycles. The van der Waals surface area contributed by atoms with E-state index in [1.165, 1.54) is 0 Å². The van der Waals surface area contributed by atoms with Gasteiger partial charge in [0.15, 0.2) is 0 Å². The molecule has 0 aliphatic carbocycles. The molecular formula is C19H16N2O. The number of carbonyl (C=O) groups is 1. The van der Waals surface area contributed by atoms with Crippen molar-refractivity contribution in [3.05, 3.63) is 84.9 Å². The maximum atomic E-state index is 12.1. The Balaban J connectivity index is 1.80. The molecule has 0 atom stereocenters. The van der Waals surface area contributed by atoms with Crippen LogP contribution in [0.25, 0.3) is 11.1 Å². The zero-order valence-corrected chi connectivity index (χ0v) is 12.0. The number of urea groups is 1. The fourth-order valence-corrected chi connectivity index (χ4v) is 2.27. The van der Waals surface area contributed by atoms with Crippen molar-refractivity contribution in [2.45, 2.75) is 0 Å². The van der Waals surface area contributed by atoms with E-state index in [-0.39, 0.29) is 6.03 Å². The third kappa shape index (κ3) is 3.33. The van der Waals surface area contributed by atoms with Gasteiger partial charge in [-0.3, -0.25) is 0 Å². The van der Waals surface area contributed by atoms with Gasteiger partial charge >= 0.3 is 6.03 Å². The average molecular weight is 288 g/mol. The molecule has 0 fully saturated rings. The number of para-hydroxylation sites is 2. The van der Waals surface area contributed by atoms with Gasteiger partial charge in [-0.15, -0.1) is 0 Å². The summed E-state index contributed by atoms with van der Waals surface area (Å²) < 4.78 is 0. The Kier molecular flexibility index (Phi) is 4.16. The van der Waals surface area contributed by atoms with Crippen molar-refractivity contribution >= 4 is 17.4 Å². The van der Waals surface area contributed by atoms with Crippen molar-refractivity contribution in [1.82, 2.24) is 0 Å². The van der Waals surface area contributed by atoms with E-state index < -0.39 is 0 Å². The summed E-state index contributed by atoms with van der Waals surface area (Å²) in [6.07, 6.45) is 0. The smallest absolute Gasteiger partial charge is 0.308 e. The molecule has 0 saturated carbocycles. The first-order valence-electron chi connectivity index (χ1n) is 7.10. The highest BCUT2D eigenvalue weighted by Gasteiger charge is 2.07. The molecule has 0 bridgehead atoms. The van der Waals surface area contributed by atoms with Crippen molar-refractivity contribution in [2.75, 3.05) is 10.6 Å². The minimum absolute atomic E-state index is 0.255. The number of hydrogen-bond donors (Lipinski definition) is 2. The van der Waals surface area contributed by atoms with Gasteiger partial charge in [0, 0.05) is 11.3 Å². The van der Waals surface area contributed by atoms with Crippen LogP contribution in [-0.4, -0.2) is 6.03 Å². The molecule has 0 unspecified atom stereocenters. The third-order valence-electron chi connectivity index (χ3n) is 3.29. The predicted molar refractivity (Wildman–Crippen MR) is 91.0 cm³/mol. The quantitative estimate of drug-likeness (QED) is 0.699. The molecule has 0 aliphatic heterocycles. The van der Waals surface area contributed by atoms with Crippen LogP contribution in [0, 0.1) is 0 Å². The van der Waals surface area contributed by atoms with Crippen LogP contribution in [-0.2, 0) is 0 Å². The minimum atomic E-state index is -0.255. The Morgan fingerprint density at radius 3 is 1.95 bits per heavy atom. The Hall–Kier alpha value is -3.07. The largest absolute Gasteiger partial charge is 0.323 e. The van der Waals surface area contributed by atoms with Crippen molar-refractivity contribution in [3.63, 3.8) is 0 Å². The molecule has 0 radical (unpaired) electrons. The lowest BCUT2D eigenvalue weighted by Crippen LogP contribution is -2.19. The maximum Gasteiger partial charge on any atom is 0.323 e. The zero-order chi connectivity index (χ0) is 15.2. The normalized spacial score (nSPS) is 10.0. The fraction of sp³-hybridized carbons (Fsp3) is 0. The van der Waals surface area contributed by atoms with Crippen LogP contribution in [0.1, 0.15) is 0 Å². The molecule has 3 rings (SSSR count). The molecule has 2 N–H and O–H groups in total. The Labute approximate surface area is 129 Å². The summed E-state index contributed by atoms with van der Waals surface area (Å²) in [7, 11) is 0. The molecule has 3 heteroatoms. The average Bonchev–Trinajstić information content (AvgIpc) is 2.57. The van der Waals surface area contributed by atoms with E-state index in [0.717, 1.165) is 22.5 Å². The van der Waals surface area contributed by atoms with Crippen LogP contribution >= 0.6 is 0 Å². The summed E-state index contributed by atoms with van der Waals surface area (Å²) in [4.78, 5) is 12.1. The molecule has 0 aromatic heterocycles. The monoisotopic (exact) mass is 288 g/mol. The number of amides is 2. The summed E-state index contributed by atoms with van der Waals surface area (Å²) >= 11 is 0. The first-order chi connectivity index (χ1) is 10.8. The van der Waals surface area contributed by atoms with Crippen molar-refractivity contribution in [1.29, 1.82) is 0 Å². The third-order valence-corrected chi connectivity index (χ3v) is 3.29. The van der Waals surface area contributed by atoms with E-state index in [2.05, 4.69) is 10.6 Å². The molecule has 0 heterocycles. The second kappa shape index (κ2) is 6.59. The highest BCUT2D eigenvalue weighted by molar-refractivity contribution is 6.02. The van der Waals surface area contributed by atoms with Crippen LogP contribution in [0.15, 0.2) is 84.9 Å². The van der Waals surface area contributed by atoms with Gasteiger partial charge in [-0.05, 0) is 23.8 Å². The van der Waals surface area contributed by atoms with Crippen molar-refractivity contribution in [3.8, 4) is 11.1 Å². The van der Waals surface area contributed by atoms with E-state index in [9.17, 15) is 4.79 Å². The first-order valence-corrected chi connectivity index (χ1v) is 7.10. The molecule has 3 aromatic carbocycles. The second-order valence-electron chi connectivity index (χ2n) is 4.86. The summed E-state index contributed by atoms with van der Waals surface area (Å²) in [5.41, 5.74) is 3.60. The van der Waals surface area contributed by atoms with Crippen LogP contribution in [0.4, 0.5) is 16.2 Å². The Morgan fingerprint density at radius 1 is 0.636 bits per heavy atom. The van der Waals surface area contributed by atoms with Crippen LogP contribution in [0.5, 0.6) is 0 Å². The second-order valence-corrected chi connectivity index (χ2v) is 4.86. The standard InChI is InChI=1S/C19H16N2O/c22-19(20-16-11-5-2-6-12-16)21-18-14-8-7-13-17(18)15-9-3-1-4-10-15/h1-14H,(H2,20,21,22). The van der Waals surface area contributed by atoms with E-state index in [1.54, 1.807) is 0 Å². The van der Waals surface area contributed by atoms with Crippen molar-refractivity contribution in [2.24, 2.45) is 0 Å². The van der Waals surface area contributed by atoms with Gasteiger partial charge < -0.3 is 10.6 Å². The van der Waals surface area contributed by atoms with Gasteiger partial charge in [-0.1, -0.05) is 66.7 Å². The van der Waals surface area contributed by atoms with E-state index in [1.807, 2.05) is 84.9 Å². The van der Waals surface area contributed by atoms with E-state index in [0.29, 0.717) is 0 Å². The number of nitrogens with one attached hydrogen (secondary N) is 2. The molecule has 3 nitrogen and oxygen atoms in total. The summed E-state index contributed by atoms with van der Waals surface area (Å²) in [6.45, 7) is 0. The fourth-order valence-electron chi connectivity index (χ4n) is 2.27. The van der Waals surface area contributed by atoms with E-state index >= 15 is 0 Å². The lowest BCUT2D eigenvalue weighted by molar-refractivity contribution is 0.262. The van der Waals surface area contributed by atoms with Gasteiger partial charge in [0.05, 0.1) is 5.69 Å². The van der Waals surface area contributed by atoms with Crippen LogP contribution in [0.2, 0.25) is 0 Å². The summed E-state index contributed by atoms with van der Waals surface area (Å²) in [5, 5.41) is 5.73. The molecule has 22 heavy (non-hydrogen) atoms. The first kappa shape index (κ1) is 13.9. The molecule has 0 aliphatic rings. The topological polar surface area (TPSA) is 41.1 Å². The van der Waals surface area contributed by atoms with Crippen molar-refractivity contribution < 1.29 is 4.79 Å². The van der Waals surface area contributed by atoms with Gasteiger partial charge in [-0.25, -0.2) is 4.79 Å². The Bertz CT molecular complexity index is 755. The highest BCUT2D eigenvalue weighted by atomic mass is 16.2. The Morgan fingerprint density at radius 2 is 1.23 bits per heavy atom. The number of hydrogen-bond acceptors (Lipinski definition) is 1. The zero-order valence-electron chi connectivity index (χ0n) is 12.0. The minimum Gasteiger partial charge on any atom is -0.308 e. The number of carbonyl (C=O) groups excluding carboxylic acids is 1. The molecule has 0 spiro atoms. The predicted octanol–water partition coefficient (Wildman–Crippen LogP) is 5.00. The molecular weight excluding hydrogens is 272 g/mol. The lowest BCUT2D eigenvalue weighted by atomic mass is 10.0. The van der Waals surface area contributed by atoms with Crippen LogP contribution < -0.4 is 10.6 Å². The number of anilines is 2.